The number of anilines is 1. The Morgan fingerprint density at radius 3 is 2.21 bits per heavy atom. The van der Waals surface area contributed by atoms with Crippen molar-refractivity contribution in [1.29, 1.82) is 0 Å². The molecular formula is C44H65N3O9Si. The maximum atomic E-state index is 14.3. The lowest BCUT2D eigenvalue weighted by molar-refractivity contribution is -0.146. The van der Waals surface area contributed by atoms with Gasteiger partial charge in [-0.1, -0.05) is 92.0 Å². The number of phenolic OH excluding ortho intramolecular Hbond substituents is 1. The molecule has 13 heteroatoms. The number of hydrogen-bond donors (Lipinski definition) is 2. The first kappa shape index (κ1) is 48.4. The molecule has 2 aromatic carbocycles. The largest absolute Gasteiger partial charge is 0.508 e. The molecule has 2 aromatic rings. The van der Waals surface area contributed by atoms with Gasteiger partial charge in [-0.15, -0.1) is 0 Å². The monoisotopic (exact) mass is 807 g/mol. The van der Waals surface area contributed by atoms with Gasteiger partial charge in [0.25, 0.3) is 5.91 Å². The number of Topliss-reactive ketones (excluding diaryl/α,β-unsaturated/α-hetero) is 1. The van der Waals surface area contributed by atoms with E-state index < -0.39 is 50.5 Å². The number of aryl methyl sites for hydroxylation is 1. The molecule has 4 rings (SSSR count). The van der Waals surface area contributed by atoms with E-state index in [0.29, 0.717) is 23.1 Å². The Balaban J connectivity index is 0.00000561. The van der Waals surface area contributed by atoms with E-state index in [0.717, 1.165) is 5.57 Å². The Labute approximate surface area is 340 Å². The van der Waals surface area contributed by atoms with Gasteiger partial charge in [0.15, 0.2) is 20.3 Å². The van der Waals surface area contributed by atoms with Gasteiger partial charge in [-0.3, -0.25) is 19.2 Å². The molecule has 4 atom stereocenters. The number of rotatable bonds is 14. The highest BCUT2D eigenvalue weighted by atomic mass is 28.4. The predicted molar refractivity (Wildman–Crippen MR) is 226 cm³/mol. The van der Waals surface area contributed by atoms with Gasteiger partial charge in [-0.25, -0.2) is 9.69 Å². The molecule has 0 unspecified atom stereocenters. The summed E-state index contributed by atoms with van der Waals surface area (Å²) in [7, 11) is -2.54. The van der Waals surface area contributed by atoms with Crippen molar-refractivity contribution in [2.24, 2.45) is 11.8 Å². The molecule has 0 saturated carbocycles. The molecule has 0 fully saturated rings. The summed E-state index contributed by atoms with van der Waals surface area (Å²) in [5.41, 5.74) is 3.31. The van der Waals surface area contributed by atoms with E-state index in [1.165, 1.54) is 17.0 Å². The minimum absolute atomic E-state index is 0. The van der Waals surface area contributed by atoms with E-state index in [4.69, 9.17) is 13.9 Å². The molecule has 2 heterocycles. The Bertz CT molecular complexity index is 1830. The molecular weight excluding hydrogens is 743 g/mol. The van der Waals surface area contributed by atoms with E-state index >= 15 is 0 Å². The summed E-state index contributed by atoms with van der Waals surface area (Å²) in [6.07, 6.45) is 2.09. The minimum atomic E-state index is -2.54. The number of benzene rings is 2. The van der Waals surface area contributed by atoms with Crippen LogP contribution in [0.4, 0.5) is 10.5 Å². The molecule has 2 N–H and O–H groups in total. The fourth-order valence-electron chi connectivity index (χ4n) is 6.32. The Kier molecular flexibility index (Phi) is 16.6. The smallest absolute Gasteiger partial charge is 0.416 e. The van der Waals surface area contributed by atoms with Crippen molar-refractivity contribution in [1.82, 2.24) is 10.2 Å². The van der Waals surface area contributed by atoms with E-state index in [9.17, 15) is 29.1 Å². The minimum Gasteiger partial charge on any atom is -0.508 e. The third-order valence-electron chi connectivity index (χ3n) is 10.8. The molecule has 3 amide bonds. The Hall–Kier alpha value is -4.75. The Morgan fingerprint density at radius 2 is 1.63 bits per heavy atom. The maximum Gasteiger partial charge on any atom is 0.416 e. The molecule has 2 aliphatic heterocycles. The Morgan fingerprint density at radius 1 is 1.02 bits per heavy atom. The van der Waals surface area contributed by atoms with Gasteiger partial charge >= 0.3 is 12.1 Å². The van der Waals surface area contributed by atoms with Gasteiger partial charge in [0.2, 0.25) is 5.91 Å². The van der Waals surface area contributed by atoms with Gasteiger partial charge < -0.3 is 29.2 Å². The van der Waals surface area contributed by atoms with Gasteiger partial charge in [0.1, 0.15) is 19.0 Å². The van der Waals surface area contributed by atoms with E-state index in [-0.39, 0.29) is 80.6 Å². The summed E-state index contributed by atoms with van der Waals surface area (Å²) < 4.78 is 17.9. The van der Waals surface area contributed by atoms with Crippen LogP contribution in [0, 0.1) is 18.8 Å². The zero-order valence-corrected chi connectivity index (χ0v) is 34.9. The molecule has 314 valence electrons. The number of esters is 1. The quantitative estimate of drug-likeness (QED) is 0.109. The standard InChI is InChI=1S/C42H57N3O9Si.2CH4/c1-12-17-52-37(48)21-31(25(2)3)38(49)43-28(6)36(47)20-29-13-15-30(16-14-29)24-53-41(51)45-33-22-35(46)27(5)19-32(33)39(50)44-23-26(4)18-34(44)40(45)54-55(10,11)42(7,8)9;;/h12-16,19,22-23,25,28,31,34,40,46H,1,17-18,20-21,24H2,2-11H3,(H,43,49);2*1H4/t28-,31-,34-,40-;;/m0../s1. The molecule has 0 aromatic heterocycles. The average Bonchev–Trinajstić information content (AvgIpc) is 3.47. The number of nitrogens with zero attached hydrogens (tertiary/aromatic N) is 2. The second-order valence-electron chi connectivity index (χ2n) is 16.5. The zero-order chi connectivity index (χ0) is 41.0. The van der Waals surface area contributed by atoms with Crippen LogP contribution in [0.25, 0.3) is 0 Å². The van der Waals surface area contributed by atoms with Gasteiger partial charge in [-0.2, -0.15) is 0 Å². The number of aromatic hydroxyl groups is 1. The summed E-state index contributed by atoms with van der Waals surface area (Å²) in [6.45, 7) is 22.9. The van der Waals surface area contributed by atoms with Crippen LogP contribution < -0.4 is 10.2 Å². The molecule has 0 bridgehead atoms. The lowest BCUT2D eigenvalue weighted by Crippen LogP contribution is -2.57. The van der Waals surface area contributed by atoms with Gasteiger partial charge in [-0.05, 0) is 74.0 Å². The second kappa shape index (κ2) is 19.6. The molecule has 12 nitrogen and oxygen atoms in total. The number of nitrogens with one attached hydrogen (secondary N) is 1. The van der Waals surface area contributed by atoms with E-state index in [2.05, 4.69) is 45.8 Å². The maximum absolute atomic E-state index is 14.3. The first-order chi connectivity index (χ1) is 25.6. The summed E-state index contributed by atoms with van der Waals surface area (Å²) in [4.78, 5) is 69.6. The highest BCUT2D eigenvalue weighted by Gasteiger charge is 2.50. The van der Waals surface area contributed by atoms with Crippen molar-refractivity contribution >= 4 is 43.7 Å². The normalized spacial score (nSPS) is 17.5. The highest BCUT2D eigenvalue weighted by molar-refractivity contribution is 6.74. The van der Waals surface area contributed by atoms with Crippen LogP contribution in [0.3, 0.4) is 0 Å². The molecule has 0 radical (unpaired) electrons. The van der Waals surface area contributed by atoms with Crippen molar-refractivity contribution in [2.75, 3.05) is 11.5 Å². The third kappa shape index (κ3) is 11.4. The van der Waals surface area contributed by atoms with Crippen molar-refractivity contribution in [3.05, 3.63) is 83.1 Å². The van der Waals surface area contributed by atoms with Crippen LogP contribution in [0.1, 0.15) is 103 Å². The lowest BCUT2D eigenvalue weighted by Gasteiger charge is -2.44. The summed E-state index contributed by atoms with van der Waals surface area (Å²) in [5.74, 6) is -2.27. The average molecular weight is 808 g/mol. The van der Waals surface area contributed by atoms with Crippen molar-refractivity contribution < 1.29 is 43.0 Å². The van der Waals surface area contributed by atoms with Crippen LogP contribution in [-0.4, -0.2) is 72.9 Å². The summed E-state index contributed by atoms with van der Waals surface area (Å²) in [5, 5.41) is 13.3. The summed E-state index contributed by atoms with van der Waals surface area (Å²) in [6, 6.07) is 8.76. The first-order valence-corrected chi connectivity index (χ1v) is 21.7. The fraction of sp³-hybridized carbons (Fsp3) is 0.523. The molecule has 0 saturated heterocycles. The van der Waals surface area contributed by atoms with Crippen LogP contribution >= 0.6 is 0 Å². The third-order valence-corrected chi connectivity index (χ3v) is 15.2. The molecule has 2 aliphatic rings. The number of hydrogen-bond acceptors (Lipinski definition) is 9. The highest BCUT2D eigenvalue weighted by Crippen LogP contribution is 2.44. The number of ketones is 1. The number of fused-ring (bicyclic) bond motifs is 2. The first-order valence-electron chi connectivity index (χ1n) is 18.8. The van der Waals surface area contributed by atoms with E-state index in [1.807, 2.05) is 27.0 Å². The van der Waals surface area contributed by atoms with Crippen LogP contribution in [-0.2, 0) is 41.3 Å². The molecule has 0 spiro atoms. The fourth-order valence-corrected chi connectivity index (χ4v) is 7.54. The number of phenols is 1. The number of carbonyl (C=O) groups is 5. The van der Waals surface area contributed by atoms with E-state index in [1.54, 1.807) is 49.1 Å². The molecule has 0 aliphatic carbocycles. The zero-order valence-electron chi connectivity index (χ0n) is 33.9. The van der Waals surface area contributed by atoms with Crippen molar-refractivity contribution in [2.45, 2.75) is 133 Å². The van der Waals surface area contributed by atoms with Gasteiger partial charge in [0, 0.05) is 18.7 Å². The van der Waals surface area contributed by atoms with Gasteiger partial charge in [0.05, 0.1) is 35.7 Å². The van der Waals surface area contributed by atoms with Crippen molar-refractivity contribution in [3.8, 4) is 5.75 Å². The number of carbonyl (C=O) groups excluding carboxylic acids is 5. The van der Waals surface area contributed by atoms with Crippen LogP contribution in [0.5, 0.6) is 5.75 Å². The van der Waals surface area contributed by atoms with Crippen LogP contribution in [0.15, 0.2) is 60.8 Å². The molecule has 57 heavy (non-hydrogen) atoms. The second-order valence-corrected chi connectivity index (χ2v) is 21.3. The summed E-state index contributed by atoms with van der Waals surface area (Å²) >= 11 is 0. The lowest BCUT2D eigenvalue weighted by atomic mass is 9.91. The van der Waals surface area contributed by atoms with Crippen molar-refractivity contribution in [3.63, 3.8) is 0 Å². The predicted octanol–water partition coefficient (Wildman–Crippen LogP) is 8.60. The van der Waals surface area contributed by atoms with Crippen LogP contribution in [0.2, 0.25) is 18.1 Å². The topological polar surface area (TPSA) is 152 Å². The SMILES string of the molecule is C.C.C=CCOC(=O)C[C@H](C(=O)N[C@@H](C)C(=O)Cc1ccc(COC(=O)N2c3cc(O)c(C)cc3C(=O)N3C=C(C)C[C@H]3[C@@H]2O[Si](C)(C)C(C)(C)C)cc1)C(C)C. The number of amides is 3. The number of ether oxygens (including phenoxy) is 2.